The van der Waals surface area contributed by atoms with Crippen LogP contribution in [0.5, 0.6) is 0 Å². The Hall–Kier alpha value is -3.20. The highest BCUT2D eigenvalue weighted by Gasteiger charge is 2.22. The number of carbonyl (C=O) groups excluding carboxylic acids is 2. The Bertz CT molecular complexity index is 965. The van der Waals surface area contributed by atoms with E-state index >= 15 is 0 Å². The van der Waals surface area contributed by atoms with Crippen molar-refractivity contribution in [2.45, 2.75) is 51.4 Å². The first kappa shape index (κ1) is 22.0. The first-order valence-electron chi connectivity index (χ1n) is 11.8. The van der Waals surface area contributed by atoms with Crippen molar-refractivity contribution in [3.63, 3.8) is 0 Å². The summed E-state index contributed by atoms with van der Waals surface area (Å²) in [6.45, 7) is 0. The van der Waals surface area contributed by atoms with Crippen molar-refractivity contribution in [2.24, 2.45) is 5.92 Å². The summed E-state index contributed by atoms with van der Waals surface area (Å²) in [6, 6.07) is 28.0. The highest BCUT2D eigenvalue weighted by molar-refractivity contribution is 6.08. The van der Waals surface area contributed by atoms with E-state index in [2.05, 4.69) is 29.2 Å². The lowest BCUT2D eigenvalue weighted by Crippen LogP contribution is -2.19. The van der Waals surface area contributed by atoms with Crippen LogP contribution in [0, 0.1) is 5.92 Å². The molecule has 0 saturated heterocycles. The molecule has 3 heteroatoms. The minimum absolute atomic E-state index is 0.0189. The lowest BCUT2D eigenvalue weighted by atomic mass is 9.86. The minimum Gasteiger partial charge on any atom is -0.311 e. The third kappa shape index (κ3) is 5.53. The van der Waals surface area contributed by atoms with Gasteiger partial charge in [0.15, 0.2) is 5.78 Å². The molecule has 0 bridgehead atoms. The molecule has 0 amide bonds. The van der Waals surface area contributed by atoms with Gasteiger partial charge in [0.1, 0.15) is 5.78 Å². The number of hydrogen-bond donors (Lipinski definition) is 0. The molecule has 3 aromatic rings. The van der Waals surface area contributed by atoms with E-state index in [1.165, 1.54) is 19.3 Å². The molecular weight excluding hydrogens is 394 g/mol. The number of benzene rings is 3. The van der Waals surface area contributed by atoms with Crippen molar-refractivity contribution in [2.75, 3.05) is 4.90 Å². The maximum atomic E-state index is 12.8. The summed E-state index contributed by atoms with van der Waals surface area (Å²) in [5.41, 5.74) is 3.69. The summed E-state index contributed by atoms with van der Waals surface area (Å²) in [5.74, 6) is 0.107. The molecule has 0 N–H and O–H groups in total. The zero-order valence-electron chi connectivity index (χ0n) is 18.6. The first-order chi connectivity index (χ1) is 15.7. The molecule has 1 saturated carbocycles. The van der Waals surface area contributed by atoms with Crippen LogP contribution in [-0.4, -0.2) is 11.6 Å². The molecule has 4 rings (SSSR count). The molecule has 0 atom stereocenters. The highest BCUT2D eigenvalue weighted by Crippen LogP contribution is 2.34. The largest absolute Gasteiger partial charge is 0.311 e. The fourth-order valence-corrected chi connectivity index (χ4v) is 4.58. The number of nitrogens with zero attached hydrogens (tertiary/aromatic N) is 1. The molecule has 0 heterocycles. The van der Waals surface area contributed by atoms with E-state index in [1.807, 2.05) is 60.7 Å². The van der Waals surface area contributed by atoms with Crippen LogP contribution < -0.4 is 4.90 Å². The molecule has 32 heavy (non-hydrogen) atoms. The van der Waals surface area contributed by atoms with Gasteiger partial charge in [-0.05, 0) is 61.4 Å². The summed E-state index contributed by atoms with van der Waals surface area (Å²) in [5, 5.41) is 0. The molecule has 0 unspecified atom stereocenters. The van der Waals surface area contributed by atoms with Crippen LogP contribution in [0.1, 0.15) is 61.7 Å². The number of rotatable bonds is 7. The van der Waals surface area contributed by atoms with Crippen molar-refractivity contribution >= 4 is 28.6 Å². The number of para-hydroxylation sites is 2. The molecule has 0 aromatic heterocycles. The van der Waals surface area contributed by atoms with Crippen LogP contribution in [0.25, 0.3) is 0 Å². The molecular formula is C29H31NO2. The van der Waals surface area contributed by atoms with Gasteiger partial charge in [0.25, 0.3) is 0 Å². The quantitative estimate of drug-likeness (QED) is 0.288. The zero-order valence-corrected chi connectivity index (χ0v) is 18.6. The summed E-state index contributed by atoms with van der Waals surface area (Å²) in [4.78, 5) is 27.8. The molecule has 164 valence electrons. The summed E-state index contributed by atoms with van der Waals surface area (Å²) < 4.78 is 0. The van der Waals surface area contributed by atoms with Gasteiger partial charge in [0.05, 0.1) is 6.42 Å². The van der Waals surface area contributed by atoms with Gasteiger partial charge in [-0.3, -0.25) is 9.59 Å². The third-order valence-corrected chi connectivity index (χ3v) is 6.37. The fourth-order valence-electron chi connectivity index (χ4n) is 4.58. The second-order valence-corrected chi connectivity index (χ2v) is 8.66. The van der Waals surface area contributed by atoms with E-state index in [-0.39, 0.29) is 23.9 Å². The molecule has 3 aromatic carbocycles. The summed E-state index contributed by atoms with van der Waals surface area (Å²) >= 11 is 0. The van der Waals surface area contributed by atoms with Gasteiger partial charge in [-0.1, -0.05) is 68.5 Å². The Balaban J connectivity index is 1.49. The molecule has 1 aliphatic carbocycles. The van der Waals surface area contributed by atoms with E-state index in [0.29, 0.717) is 5.56 Å². The van der Waals surface area contributed by atoms with Gasteiger partial charge in [-0.2, -0.15) is 0 Å². The first-order valence-corrected chi connectivity index (χ1v) is 11.8. The van der Waals surface area contributed by atoms with Crippen molar-refractivity contribution in [3.8, 4) is 0 Å². The van der Waals surface area contributed by atoms with E-state index in [4.69, 9.17) is 0 Å². The monoisotopic (exact) mass is 425 g/mol. The van der Waals surface area contributed by atoms with E-state index in [0.717, 1.165) is 42.7 Å². The number of hydrogen-bond acceptors (Lipinski definition) is 3. The van der Waals surface area contributed by atoms with Crippen LogP contribution in [0.15, 0.2) is 84.9 Å². The summed E-state index contributed by atoms with van der Waals surface area (Å²) in [6.07, 6.45) is 7.79. The molecule has 0 radical (unpaired) electrons. The van der Waals surface area contributed by atoms with Crippen LogP contribution in [0.2, 0.25) is 0 Å². The van der Waals surface area contributed by atoms with Crippen molar-refractivity contribution in [3.05, 3.63) is 90.5 Å². The normalized spacial score (nSPS) is 14.9. The number of carbonyl (C=O) groups is 2. The van der Waals surface area contributed by atoms with Gasteiger partial charge < -0.3 is 4.90 Å². The number of Topliss-reactive ketones (excluding diaryl/α,β-unsaturated/α-hetero) is 2. The Morgan fingerprint density at radius 2 is 1.09 bits per heavy atom. The maximum absolute atomic E-state index is 12.8. The van der Waals surface area contributed by atoms with Crippen molar-refractivity contribution in [1.29, 1.82) is 0 Å². The fraction of sp³-hybridized carbons (Fsp3) is 0.310. The smallest absolute Gasteiger partial charge is 0.170 e. The standard InChI is InChI=1S/C29H31NO2/c31-28(23-12-6-2-1-3-7-13-23)22-29(32)24-18-20-27(21-19-24)30(25-14-8-4-9-15-25)26-16-10-5-11-17-26/h4-5,8-11,14-21,23H,1-3,6-7,12-13,22H2. The van der Waals surface area contributed by atoms with Crippen LogP contribution in [-0.2, 0) is 4.79 Å². The second-order valence-electron chi connectivity index (χ2n) is 8.66. The molecule has 1 aliphatic rings. The van der Waals surface area contributed by atoms with Gasteiger partial charge in [-0.25, -0.2) is 0 Å². The van der Waals surface area contributed by atoms with Crippen molar-refractivity contribution < 1.29 is 9.59 Å². The van der Waals surface area contributed by atoms with Crippen LogP contribution >= 0.6 is 0 Å². The van der Waals surface area contributed by atoms with Gasteiger partial charge in [-0.15, -0.1) is 0 Å². The number of anilines is 3. The molecule has 0 aliphatic heterocycles. The molecule has 3 nitrogen and oxygen atoms in total. The van der Waals surface area contributed by atoms with Crippen LogP contribution in [0.4, 0.5) is 17.1 Å². The maximum Gasteiger partial charge on any atom is 0.170 e. The summed E-state index contributed by atoms with van der Waals surface area (Å²) in [7, 11) is 0. The van der Waals surface area contributed by atoms with E-state index in [9.17, 15) is 9.59 Å². The Morgan fingerprint density at radius 3 is 1.62 bits per heavy atom. The zero-order chi connectivity index (χ0) is 22.2. The molecule has 1 fully saturated rings. The Kier molecular flexibility index (Phi) is 7.50. The SMILES string of the molecule is O=C(CC(=O)C1CCCCCCC1)c1ccc(N(c2ccccc2)c2ccccc2)cc1. The predicted molar refractivity (Wildman–Crippen MR) is 131 cm³/mol. The van der Waals surface area contributed by atoms with E-state index in [1.54, 1.807) is 0 Å². The molecule has 0 spiro atoms. The van der Waals surface area contributed by atoms with Gasteiger partial charge in [0.2, 0.25) is 0 Å². The lowest BCUT2D eigenvalue weighted by Gasteiger charge is -2.25. The van der Waals surface area contributed by atoms with E-state index < -0.39 is 0 Å². The van der Waals surface area contributed by atoms with Crippen molar-refractivity contribution in [1.82, 2.24) is 0 Å². The predicted octanol–water partition coefficient (Wildman–Crippen LogP) is 7.66. The highest BCUT2D eigenvalue weighted by atomic mass is 16.1. The topological polar surface area (TPSA) is 37.4 Å². The third-order valence-electron chi connectivity index (χ3n) is 6.37. The van der Waals surface area contributed by atoms with Gasteiger partial charge >= 0.3 is 0 Å². The average Bonchev–Trinajstić information content (AvgIpc) is 2.81. The minimum atomic E-state index is -0.0745. The average molecular weight is 426 g/mol. The Morgan fingerprint density at radius 1 is 0.625 bits per heavy atom. The second kappa shape index (κ2) is 10.9. The van der Waals surface area contributed by atoms with Gasteiger partial charge in [0, 0.05) is 28.5 Å². The number of ketones is 2. The van der Waals surface area contributed by atoms with Crippen LogP contribution in [0.3, 0.4) is 0 Å². The lowest BCUT2D eigenvalue weighted by molar-refractivity contribution is -0.122. The Labute approximate surface area is 191 Å².